The Bertz CT molecular complexity index is 1340. The van der Waals surface area contributed by atoms with E-state index in [0.717, 1.165) is 11.1 Å². The number of benzene rings is 2. The summed E-state index contributed by atoms with van der Waals surface area (Å²) in [6.45, 7) is 0. The van der Waals surface area contributed by atoms with Crippen molar-refractivity contribution in [2.24, 2.45) is 0 Å². The van der Waals surface area contributed by atoms with Gasteiger partial charge in [-0.2, -0.15) is 4.98 Å². The van der Waals surface area contributed by atoms with Gasteiger partial charge in [-0.05, 0) is 54.6 Å². The van der Waals surface area contributed by atoms with Crippen molar-refractivity contribution in [3.63, 3.8) is 0 Å². The van der Waals surface area contributed by atoms with Crippen molar-refractivity contribution in [1.82, 2.24) is 9.97 Å². The van der Waals surface area contributed by atoms with Gasteiger partial charge in [0.15, 0.2) is 17.0 Å². The fourth-order valence-corrected chi connectivity index (χ4v) is 3.26. The summed E-state index contributed by atoms with van der Waals surface area (Å²) >= 11 is 6.02. The minimum Gasteiger partial charge on any atom is -0.451 e. The number of nitrogens with one attached hydrogen (secondary N) is 1. The third-order valence-corrected chi connectivity index (χ3v) is 4.71. The monoisotopic (exact) mass is 415 g/mol. The number of carbonyl (C=O) groups is 1. The Morgan fingerprint density at radius 3 is 2.63 bits per heavy atom. The number of rotatable bonds is 4. The topological polar surface area (TPSA) is 81.2 Å². The summed E-state index contributed by atoms with van der Waals surface area (Å²) in [6, 6.07) is 21.4. The lowest BCUT2D eigenvalue weighted by molar-refractivity contribution is 0.0997. The fraction of sp³-hybridized carbons (Fsp3) is 0. The lowest BCUT2D eigenvalue weighted by Crippen LogP contribution is -2.10. The van der Waals surface area contributed by atoms with E-state index in [-0.39, 0.29) is 11.7 Å². The zero-order chi connectivity index (χ0) is 20.5. The van der Waals surface area contributed by atoms with Gasteiger partial charge in [-0.25, -0.2) is 4.98 Å². The number of furan rings is 1. The molecule has 6 nitrogen and oxygen atoms in total. The van der Waals surface area contributed by atoms with Crippen LogP contribution >= 0.6 is 11.6 Å². The molecule has 0 radical (unpaired) electrons. The lowest BCUT2D eigenvalue weighted by atomic mass is 10.2. The molecular formula is C23H14ClN3O3. The van der Waals surface area contributed by atoms with Gasteiger partial charge in [-0.15, -0.1) is 0 Å². The molecule has 0 spiro atoms. The van der Waals surface area contributed by atoms with Gasteiger partial charge in [0.1, 0.15) is 5.76 Å². The van der Waals surface area contributed by atoms with E-state index in [0.29, 0.717) is 33.6 Å². The number of amides is 1. The van der Waals surface area contributed by atoms with E-state index in [4.69, 9.17) is 20.4 Å². The highest BCUT2D eigenvalue weighted by atomic mass is 35.5. The van der Waals surface area contributed by atoms with Crippen LogP contribution in [0.2, 0.25) is 5.02 Å². The Labute approximate surface area is 176 Å². The summed E-state index contributed by atoms with van der Waals surface area (Å²) < 4.78 is 11.4. The molecule has 0 bridgehead atoms. The van der Waals surface area contributed by atoms with Gasteiger partial charge in [-0.3, -0.25) is 4.79 Å². The summed E-state index contributed by atoms with van der Waals surface area (Å²) in [5, 5.41) is 3.43. The van der Waals surface area contributed by atoms with Gasteiger partial charge < -0.3 is 14.2 Å². The molecule has 0 saturated heterocycles. The number of hydrogen-bond donors (Lipinski definition) is 1. The van der Waals surface area contributed by atoms with Crippen molar-refractivity contribution in [3.8, 4) is 22.8 Å². The second-order valence-electron chi connectivity index (χ2n) is 6.55. The molecule has 1 amide bonds. The molecule has 0 atom stereocenters. The predicted octanol–water partition coefficient (Wildman–Crippen LogP) is 6.06. The molecule has 5 rings (SSSR count). The lowest BCUT2D eigenvalue weighted by Gasteiger charge is -2.04. The predicted molar refractivity (Wildman–Crippen MR) is 114 cm³/mol. The Morgan fingerprint density at radius 2 is 1.77 bits per heavy atom. The average molecular weight is 416 g/mol. The van der Waals surface area contributed by atoms with Crippen LogP contribution in [-0.2, 0) is 0 Å². The number of fused-ring (bicyclic) bond motifs is 1. The highest BCUT2D eigenvalue weighted by Crippen LogP contribution is 2.27. The summed E-state index contributed by atoms with van der Waals surface area (Å²) in [7, 11) is 0. The van der Waals surface area contributed by atoms with Crippen LogP contribution < -0.4 is 5.32 Å². The van der Waals surface area contributed by atoms with Crippen molar-refractivity contribution in [2.75, 3.05) is 5.32 Å². The van der Waals surface area contributed by atoms with E-state index in [1.807, 2.05) is 24.3 Å². The first-order valence-electron chi connectivity index (χ1n) is 9.15. The van der Waals surface area contributed by atoms with E-state index < -0.39 is 0 Å². The van der Waals surface area contributed by atoms with Crippen molar-refractivity contribution >= 4 is 34.4 Å². The molecule has 0 unspecified atom stereocenters. The Kier molecular flexibility index (Phi) is 4.53. The molecule has 5 aromatic rings. The van der Waals surface area contributed by atoms with Crippen LogP contribution in [0.3, 0.4) is 0 Å². The fourth-order valence-electron chi connectivity index (χ4n) is 3.07. The van der Waals surface area contributed by atoms with Crippen LogP contribution in [-0.4, -0.2) is 15.9 Å². The molecule has 0 aliphatic carbocycles. The molecule has 1 N–H and O–H groups in total. The number of aromatic nitrogens is 2. The summed E-state index contributed by atoms with van der Waals surface area (Å²) in [6.07, 6.45) is 1.66. The second-order valence-corrected chi connectivity index (χ2v) is 6.99. The Hall–Kier alpha value is -3.90. The van der Waals surface area contributed by atoms with Crippen LogP contribution in [0.1, 0.15) is 10.6 Å². The molecule has 0 saturated carbocycles. The first-order valence-corrected chi connectivity index (χ1v) is 9.53. The smallest absolute Gasteiger partial charge is 0.291 e. The number of anilines is 1. The van der Waals surface area contributed by atoms with Crippen molar-refractivity contribution < 1.29 is 13.6 Å². The molecular weight excluding hydrogens is 402 g/mol. The molecule has 2 aromatic carbocycles. The van der Waals surface area contributed by atoms with E-state index in [1.165, 1.54) is 0 Å². The number of pyridine rings is 1. The number of halogens is 1. The van der Waals surface area contributed by atoms with E-state index in [2.05, 4.69) is 15.3 Å². The Balaban J connectivity index is 1.37. The first kappa shape index (κ1) is 18.1. The maximum atomic E-state index is 12.6. The highest BCUT2D eigenvalue weighted by Gasteiger charge is 2.14. The first-order chi connectivity index (χ1) is 14.7. The molecule has 0 aliphatic rings. The molecule has 30 heavy (non-hydrogen) atoms. The van der Waals surface area contributed by atoms with Crippen molar-refractivity contribution in [1.29, 1.82) is 0 Å². The van der Waals surface area contributed by atoms with Crippen LogP contribution in [0, 0.1) is 0 Å². The van der Waals surface area contributed by atoms with Crippen LogP contribution in [0.25, 0.3) is 34.0 Å². The van der Waals surface area contributed by atoms with Gasteiger partial charge in [0, 0.05) is 28.0 Å². The second kappa shape index (κ2) is 7.50. The van der Waals surface area contributed by atoms with Gasteiger partial charge >= 0.3 is 0 Å². The summed E-state index contributed by atoms with van der Waals surface area (Å²) in [4.78, 5) is 21.2. The molecule has 3 heterocycles. The number of carbonyl (C=O) groups excluding carboxylic acids is 1. The van der Waals surface area contributed by atoms with Crippen LogP contribution in [0.15, 0.2) is 87.8 Å². The van der Waals surface area contributed by atoms with Crippen molar-refractivity contribution in [3.05, 3.63) is 89.8 Å². The van der Waals surface area contributed by atoms with E-state index in [9.17, 15) is 4.79 Å². The third kappa shape index (κ3) is 3.56. The summed E-state index contributed by atoms with van der Waals surface area (Å²) in [5.41, 5.74) is 3.25. The highest BCUT2D eigenvalue weighted by molar-refractivity contribution is 6.30. The molecule has 0 fully saturated rings. The standard InChI is InChI=1S/C23H14ClN3O3/c24-16-6-1-4-14(12-16)18-9-10-20(29-18)22(28)26-17-7-2-5-15(13-17)23-27-21-19(30-23)8-3-11-25-21/h1-13H,(H,26,28). The van der Waals surface area contributed by atoms with Crippen molar-refractivity contribution in [2.45, 2.75) is 0 Å². The maximum absolute atomic E-state index is 12.6. The number of hydrogen-bond acceptors (Lipinski definition) is 5. The average Bonchev–Trinajstić information content (AvgIpc) is 3.41. The number of nitrogens with zero attached hydrogens (tertiary/aromatic N) is 2. The van der Waals surface area contributed by atoms with Crippen LogP contribution in [0.4, 0.5) is 5.69 Å². The van der Waals surface area contributed by atoms with E-state index >= 15 is 0 Å². The van der Waals surface area contributed by atoms with Gasteiger partial charge in [-0.1, -0.05) is 29.8 Å². The van der Waals surface area contributed by atoms with Crippen LogP contribution in [0.5, 0.6) is 0 Å². The molecule has 0 aliphatic heterocycles. The zero-order valence-electron chi connectivity index (χ0n) is 15.5. The normalized spacial score (nSPS) is 11.0. The third-order valence-electron chi connectivity index (χ3n) is 4.47. The minimum atomic E-state index is -0.361. The van der Waals surface area contributed by atoms with E-state index in [1.54, 1.807) is 54.7 Å². The molecule has 7 heteroatoms. The minimum absolute atomic E-state index is 0.196. The van der Waals surface area contributed by atoms with Gasteiger partial charge in [0.25, 0.3) is 5.91 Å². The largest absolute Gasteiger partial charge is 0.451 e. The molecule has 146 valence electrons. The van der Waals surface area contributed by atoms with Gasteiger partial charge in [0.05, 0.1) is 0 Å². The zero-order valence-corrected chi connectivity index (χ0v) is 16.3. The summed E-state index contributed by atoms with van der Waals surface area (Å²) in [5.74, 6) is 0.831. The quantitative estimate of drug-likeness (QED) is 0.386. The Morgan fingerprint density at radius 1 is 0.900 bits per heavy atom. The molecule has 3 aromatic heterocycles. The van der Waals surface area contributed by atoms with Gasteiger partial charge in [0.2, 0.25) is 5.89 Å². The SMILES string of the molecule is O=C(Nc1cccc(-c2nc3ncccc3o2)c1)c1ccc(-c2cccc(Cl)c2)o1. The number of oxazole rings is 1. The maximum Gasteiger partial charge on any atom is 0.291 e.